The second-order valence-corrected chi connectivity index (χ2v) is 9.30. The van der Waals surface area contributed by atoms with Gasteiger partial charge in [0.25, 0.3) is 0 Å². The molecule has 4 rings (SSSR count). The number of thiophene rings is 1. The number of halogens is 3. The van der Waals surface area contributed by atoms with Crippen LogP contribution < -0.4 is 10.6 Å². The number of hydrogen-bond acceptors (Lipinski definition) is 5. The van der Waals surface area contributed by atoms with Crippen molar-refractivity contribution < 1.29 is 22.8 Å². The van der Waals surface area contributed by atoms with Gasteiger partial charge in [0.05, 0.1) is 22.7 Å². The molecule has 2 N–H and O–H groups in total. The number of benzene rings is 1. The lowest BCUT2D eigenvalue weighted by Crippen LogP contribution is -2.17. The third kappa shape index (κ3) is 5.13. The van der Waals surface area contributed by atoms with Crippen LogP contribution in [0.3, 0.4) is 0 Å². The maximum atomic E-state index is 12.7. The second-order valence-electron chi connectivity index (χ2n) is 7.27. The standard InChI is InChI=1S/C21H18F3N3O2S2/c1-11(28)25-9-14-6-7-18(31-14)17-10-30-20(26-17)27-19(29)16-8-15(16)12-2-4-13(5-3-12)21(22,23)24/h2-7,10,15-16H,8-9H2,1H3,(H,25,28)(H,26,27,29). The molecule has 1 saturated carbocycles. The number of hydrogen-bond donors (Lipinski definition) is 2. The molecular weight excluding hydrogens is 447 g/mol. The molecule has 31 heavy (non-hydrogen) atoms. The van der Waals surface area contributed by atoms with Gasteiger partial charge in [0, 0.05) is 23.1 Å². The number of carbonyl (C=O) groups excluding carboxylic acids is 2. The summed E-state index contributed by atoms with van der Waals surface area (Å²) in [5.41, 5.74) is 0.787. The van der Waals surface area contributed by atoms with E-state index in [4.69, 9.17) is 0 Å². The van der Waals surface area contributed by atoms with Gasteiger partial charge in [-0.1, -0.05) is 12.1 Å². The molecule has 0 radical (unpaired) electrons. The first-order valence-corrected chi connectivity index (χ1v) is 11.2. The van der Waals surface area contributed by atoms with Gasteiger partial charge in [-0.3, -0.25) is 9.59 Å². The summed E-state index contributed by atoms with van der Waals surface area (Å²) in [6.45, 7) is 1.92. The van der Waals surface area contributed by atoms with E-state index in [2.05, 4.69) is 15.6 Å². The largest absolute Gasteiger partial charge is 0.416 e. The molecule has 2 atom stereocenters. The number of thiazole rings is 1. The monoisotopic (exact) mass is 465 g/mol. The van der Waals surface area contributed by atoms with Crippen LogP contribution in [0.1, 0.15) is 35.3 Å². The molecule has 2 amide bonds. The molecular formula is C21H18F3N3O2S2. The van der Waals surface area contributed by atoms with Crippen LogP contribution in [0.4, 0.5) is 18.3 Å². The van der Waals surface area contributed by atoms with Crippen LogP contribution in [0, 0.1) is 5.92 Å². The van der Waals surface area contributed by atoms with Crippen molar-refractivity contribution in [1.29, 1.82) is 0 Å². The van der Waals surface area contributed by atoms with Crippen LogP contribution in [-0.4, -0.2) is 16.8 Å². The molecule has 3 aromatic rings. The van der Waals surface area contributed by atoms with Crippen molar-refractivity contribution in [2.24, 2.45) is 5.92 Å². The maximum absolute atomic E-state index is 12.7. The van der Waals surface area contributed by atoms with Crippen molar-refractivity contribution in [1.82, 2.24) is 10.3 Å². The van der Waals surface area contributed by atoms with Crippen LogP contribution >= 0.6 is 22.7 Å². The second kappa shape index (κ2) is 8.43. The fourth-order valence-corrected chi connectivity index (χ4v) is 4.93. The highest BCUT2D eigenvalue weighted by Gasteiger charge is 2.44. The van der Waals surface area contributed by atoms with E-state index in [1.165, 1.54) is 41.7 Å². The van der Waals surface area contributed by atoms with Gasteiger partial charge in [-0.15, -0.1) is 22.7 Å². The third-order valence-electron chi connectivity index (χ3n) is 4.95. The van der Waals surface area contributed by atoms with E-state index < -0.39 is 11.7 Å². The average molecular weight is 466 g/mol. The summed E-state index contributed by atoms with van der Waals surface area (Å²) in [7, 11) is 0. The SMILES string of the molecule is CC(=O)NCc1ccc(-c2csc(NC(=O)C3CC3c3ccc(C(F)(F)F)cc3)n2)s1. The molecule has 2 heterocycles. The van der Waals surface area contributed by atoms with Gasteiger partial charge >= 0.3 is 6.18 Å². The maximum Gasteiger partial charge on any atom is 0.416 e. The molecule has 0 saturated heterocycles. The number of rotatable bonds is 6. The Morgan fingerprint density at radius 3 is 2.58 bits per heavy atom. The number of aromatic nitrogens is 1. The first-order chi connectivity index (χ1) is 14.7. The smallest absolute Gasteiger partial charge is 0.351 e. The van der Waals surface area contributed by atoms with Crippen molar-refractivity contribution in [3.05, 3.63) is 57.8 Å². The van der Waals surface area contributed by atoms with E-state index in [0.717, 1.165) is 33.1 Å². The summed E-state index contributed by atoms with van der Waals surface area (Å²) in [5, 5.41) is 7.89. The van der Waals surface area contributed by atoms with Crippen molar-refractivity contribution in [3.63, 3.8) is 0 Å². The zero-order valence-electron chi connectivity index (χ0n) is 16.3. The van der Waals surface area contributed by atoms with Gasteiger partial charge in [-0.25, -0.2) is 4.98 Å². The fourth-order valence-electron chi connectivity index (χ4n) is 3.24. The first kappa shape index (κ1) is 21.5. The molecule has 0 spiro atoms. The highest BCUT2D eigenvalue weighted by atomic mass is 32.1. The van der Waals surface area contributed by atoms with Crippen molar-refractivity contribution in [3.8, 4) is 10.6 Å². The summed E-state index contributed by atoms with van der Waals surface area (Å²) < 4.78 is 38.1. The van der Waals surface area contributed by atoms with Crippen molar-refractivity contribution in [2.45, 2.75) is 32.0 Å². The molecule has 1 aliphatic carbocycles. The van der Waals surface area contributed by atoms with E-state index in [1.807, 2.05) is 17.5 Å². The lowest BCUT2D eigenvalue weighted by molar-refractivity contribution is -0.137. The quantitative estimate of drug-likeness (QED) is 0.521. The van der Waals surface area contributed by atoms with Gasteiger partial charge in [0.1, 0.15) is 0 Å². The van der Waals surface area contributed by atoms with Crippen LogP contribution in [0.5, 0.6) is 0 Å². The topological polar surface area (TPSA) is 71.1 Å². The molecule has 2 aromatic heterocycles. The molecule has 10 heteroatoms. The highest BCUT2D eigenvalue weighted by Crippen LogP contribution is 2.48. The molecule has 0 bridgehead atoms. The summed E-state index contributed by atoms with van der Waals surface area (Å²) in [6, 6.07) is 8.83. The van der Waals surface area contributed by atoms with Gasteiger partial charge in [0.2, 0.25) is 11.8 Å². The third-order valence-corrected chi connectivity index (χ3v) is 6.82. The Kier molecular flexibility index (Phi) is 5.85. The molecule has 162 valence electrons. The van der Waals surface area contributed by atoms with Crippen LogP contribution in [0.2, 0.25) is 0 Å². The number of nitrogens with one attached hydrogen (secondary N) is 2. The Hall–Kier alpha value is -2.72. The van der Waals surface area contributed by atoms with E-state index in [1.54, 1.807) is 0 Å². The summed E-state index contributed by atoms with van der Waals surface area (Å²) in [5.74, 6) is -0.614. The lowest BCUT2D eigenvalue weighted by Gasteiger charge is -2.07. The molecule has 0 aliphatic heterocycles. The highest BCUT2D eigenvalue weighted by molar-refractivity contribution is 7.17. The van der Waals surface area contributed by atoms with Gasteiger partial charge in [-0.2, -0.15) is 13.2 Å². The molecule has 1 fully saturated rings. The molecule has 1 aliphatic rings. The Balaban J connectivity index is 1.34. The first-order valence-electron chi connectivity index (χ1n) is 9.48. The summed E-state index contributed by atoms with van der Waals surface area (Å²) >= 11 is 2.83. The molecule has 1 aromatic carbocycles. The summed E-state index contributed by atoms with van der Waals surface area (Å²) in [4.78, 5) is 29.9. The van der Waals surface area contributed by atoms with Crippen molar-refractivity contribution >= 4 is 39.6 Å². The van der Waals surface area contributed by atoms with Gasteiger partial charge < -0.3 is 10.6 Å². The van der Waals surface area contributed by atoms with Crippen LogP contribution in [0.15, 0.2) is 41.8 Å². The average Bonchev–Trinajstić information content (AvgIpc) is 3.14. The number of nitrogens with zero attached hydrogens (tertiary/aromatic N) is 1. The molecule has 5 nitrogen and oxygen atoms in total. The Morgan fingerprint density at radius 1 is 1.16 bits per heavy atom. The minimum atomic E-state index is -4.37. The Labute approximate surface area is 184 Å². The van der Waals surface area contributed by atoms with E-state index in [9.17, 15) is 22.8 Å². The zero-order valence-corrected chi connectivity index (χ0v) is 18.0. The normalized spacial score (nSPS) is 17.9. The minimum Gasteiger partial charge on any atom is -0.351 e. The lowest BCUT2D eigenvalue weighted by atomic mass is 10.1. The summed E-state index contributed by atoms with van der Waals surface area (Å²) in [6.07, 6.45) is -3.76. The number of amides is 2. The predicted molar refractivity (Wildman–Crippen MR) is 114 cm³/mol. The van der Waals surface area contributed by atoms with E-state index in [-0.39, 0.29) is 23.7 Å². The van der Waals surface area contributed by atoms with Gasteiger partial charge in [0.15, 0.2) is 5.13 Å². The number of carbonyl (C=O) groups is 2. The van der Waals surface area contributed by atoms with Crippen molar-refractivity contribution in [2.75, 3.05) is 5.32 Å². The minimum absolute atomic E-state index is 0.0738. The van der Waals surface area contributed by atoms with Crippen LogP contribution in [0.25, 0.3) is 10.6 Å². The van der Waals surface area contributed by atoms with E-state index >= 15 is 0 Å². The Morgan fingerprint density at radius 2 is 1.90 bits per heavy atom. The fraction of sp³-hybridized carbons (Fsp3) is 0.286. The number of alkyl halides is 3. The van der Waals surface area contributed by atoms with Crippen LogP contribution in [-0.2, 0) is 22.3 Å². The van der Waals surface area contributed by atoms with E-state index in [0.29, 0.717) is 18.1 Å². The Bertz CT molecular complexity index is 1110. The number of anilines is 1. The predicted octanol–water partition coefficient (Wildman–Crippen LogP) is 5.27. The molecule has 2 unspecified atom stereocenters. The van der Waals surface area contributed by atoms with Gasteiger partial charge in [-0.05, 0) is 42.2 Å². The zero-order chi connectivity index (χ0) is 22.2.